The van der Waals surface area contributed by atoms with Crippen molar-refractivity contribution in [2.24, 2.45) is 0 Å². The van der Waals surface area contributed by atoms with Crippen molar-refractivity contribution >= 4 is 11.6 Å². The predicted octanol–water partition coefficient (Wildman–Crippen LogP) is 2.86. The van der Waals surface area contributed by atoms with E-state index in [1.54, 1.807) is 19.1 Å². The second kappa shape index (κ2) is 5.90. The van der Waals surface area contributed by atoms with Crippen molar-refractivity contribution in [3.05, 3.63) is 51.5 Å². The minimum atomic E-state index is -0.398. The summed E-state index contributed by atoms with van der Waals surface area (Å²) in [4.78, 5) is 12.5. The molecule has 0 amide bonds. The maximum atomic E-state index is 12.5. The summed E-state index contributed by atoms with van der Waals surface area (Å²) in [5.41, 5.74) is 0.0508. The van der Waals surface area contributed by atoms with Gasteiger partial charge < -0.3 is 4.42 Å². The van der Waals surface area contributed by atoms with Crippen molar-refractivity contribution in [2.45, 2.75) is 39.8 Å². The quantitative estimate of drug-likeness (QED) is 0.728. The molecule has 7 nitrogen and oxygen atoms in total. The molecule has 2 heterocycles. The first-order valence-electron chi connectivity index (χ1n) is 7.51. The molecule has 0 aliphatic rings. The van der Waals surface area contributed by atoms with Crippen LogP contribution in [0.1, 0.15) is 32.5 Å². The molecule has 0 aliphatic heterocycles. The Bertz CT molecular complexity index is 933. The Balaban J connectivity index is 1.93. The van der Waals surface area contributed by atoms with E-state index >= 15 is 0 Å². The fourth-order valence-electron chi connectivity index (χ4n) is 2.31. The van der Waals surface area contributed by atoms with Crippen LogP contribution in [-0.2, 0) is 12.1 Å². The van der Waals surface area contributed by atoms with Gasteiger partial charge in [0.2, 0.25) is 11.8 Å². The molecule has 126 valence electrons. The second-order valence-electron chi connectivity index (χ2n) is 6.48. The molecule has 0 saturated carbocycles. The van der Waals surface area contributed by atoms with Crippen LogP contribution in [0.3, 0.4) is 0 Å². The second-order valence-corrected chi connectivity index (χ2v) is 6.89. The first kappa shape index (κ1) is 16.4. The molecule has 8 heteroatoms. The van der Waals surface area contributed by atoms with Crippen LogP contribution in [0.5, 0.6) is 0 Å². The lowest BCUT2D eigenvalue weighted by atomic mass is 10.1. The maximum Gasteiger partial charge on any atom is 0.346 e. The molecule has 1 aromatic carbocycles. The number of rotatable bonds is 3. The number of aryl methyl sites for hydroxylation is 1. The van der Waals surface area contributed by atoms with Crippen molar-refractivity contribution in [3.63, 3.8) is 0 Å². The molecule has 0 unspecified atom stereocenters. The summed E-state index contributed by atoms with van der Waals surface area (Å²) in [6.45, 7) is 7.71. The molecular weight excluding hydrogens is 330 g/mol. The van der Waals surface area contributed by atoms with Gasteiger partial charge in [-0.1, -0.05) is 23.7 Å². The van der Waals surface area contributed by atoms with E-state index in [9.17, 15) is 4.79 Å². The smallest absolute Gasteiger partial charge is 0.346 e. The number of nitrogens with zero attached hydrogens (tertiary/aromatic N) is 5. The molecule has 2 aromatic heterocycles. The van der Waals surface area contributed by atoms with Crippen LogP contribution in [0.2, 0.25) is 5.02 Å². The molecule has 0 radical (unpaired) electrons. The third-order valence-electron chi connectivity index (χ3n) is 3.55. The standard InChI is InChI=1S/C16H18ClN5O2/c1-10-20-22(16(2,3)4)15(23)21(10)9-13-18-19-14(24-13)11-7-5-6-8-12(11)17/h5-8H,9H2,1-4H3. The average Bonchev–Trinajstić information content (AvgIpc) is 3.07. The highest BCUT2D eigenvalue weighted by atomic mass is 35.5. The minimum Gasteiger partial charge on any atom is -0.419 e. The molecule has 0 aliphatic carbocycles. The number of hydrogen-bond acceptors (Lipinski definition) is 5. The van der Waals surface area contributed by atoms with Crippen LogP contribution in [0.25, 0.3) is 11.5 Å². The van der Waals surface area contributed by atoms with Crippen molar-refractivity contribution in [1.82, 2.24) is 24.5 Å². The zero-order valence-corrected chi connectivity index (χ0v) is 14.7. The fraction of sp³-hybridized carbons (Fsp3) is 0.375. The van der Waals surface area contributed by atoms with Crippen LogP contribution >= 0.6 is 11.6 Å². The highest BCUT2D eigenvalue weighted by molar-refractivity contribution is 6.33. The molecule has 0 bridgehead atoms. The summed E-state index contributed by atoms with van der Waals surface area (Å²) in [5.74, 6) is 1.24. The van der Waals surface area contributed by atoms with Gasteiger partial charge in [0.25, 0.3) is 0 Å². The SMILES string of the molecule is Cc1nn(C(C)(C)C)c(=O)n1Cc1nnc(-c2ccccc2Cl)o1. The van der Waals surface area contributed by atoms with E-state index in [0.29, 0.717) is 28.2 Å². The summed E-state index contributed by atoms with van der Waals surface area (Å²) in [7, 11) is 0. The van der Waals surface area contributed by atoms with Gasteiger partial charge in [0.15, 0.2) is 0 Å². The van der Waals surface area contributed by atoms with Gasteiger partial charge in [0, 0.05) is 0 Å². The van der Waals surface area contributed by atoms with E-state index in [-0.39, 0.29) is 12.2 Å². The molecule has 0 N–H and O–H groups in total. The molecule has 3 aromatic rings. The van der Waals surface area contributed by atoms with Gasteiger partial charge in [-0.25, -0.2) is 9.48 Å². The largest absolute Gasteiger partial charge is 0.419 e. The lowest BCUT2D eigenvalue weighted by Gasteiger charge is -2.16. The molecule has 24 heavy (non-hydrogen) atoms. The summed E-state index contributed by atoms with van der Waals surface area (Å²) >= 11 is 6.14. The summed E-state index contributed by atoms with van der Waals surface area (Å²) in [6, 6.07) is 7.22. The minimum absolute atomic E-state index is 0.165. The normalized spacial score (nSPS) is 11.9. The van der Waals surface area contributed by atoms with Crippen LogP contribution < -0.4 is 5.69 Å². The lowest BCUT2D eigenvalue weighted by molar-refractivity contribution is 0.339. The Labute approximate surface area is 143 Å². The molecule has 0 saturated heterocycles. The fourth-order valence-corrected chi connectivity index (χ4v) is 2.53. The predicted molar refractivity (Wildman–Crippen MR) is 90.1 cm³/mol. The molecule has 0 atom stereocenters. The number of benzene rings is 1. The number of halogens is 1. The van der Waals surface area contributed by atoms with Crippen molar-refractivity contribution in [1.29, 1.82) is 0 Å². The topological polar surface area (TPSA) is 78.7 Å². The first-order valence-corrected chi connectivity index (χ1v) is 7.89. The van der Waals surface area contributed by atoms with Gasteiger partial charge in [-0.3, -0.25) is 4.57 Å². The Morgan fingerprint density at radius 3 is 2.54 bits per heavy atom. The Hall–Kier alpha value is -2.41. The number of aromatic nitrogens is 5. The lowest BCUT2D eigenvalue weighted by Crippen LogP contribution is -2.36. The third-order valence-corrected chi connectivity index (χ3v) is 3.88. The van der Waals surface area contributed by atoms with Gasteiger partial charge >= 0.3 is 5.69 Å². The van der Waals surface area contributed by atoms with E-state index in [4.69, 9.17) is 16.0 Å². The van der Waals surface area contributed by atoms with E-state index < -0.39 is 5.54 Å². The van der Waals surface area contributed by atoms with Crippen LogP contribution in [0.4, 0.5) is 0 Å². The van der Waals surface area contributed by atoms with Gasteiger partial charge in [-0.2, -0.15) is 5.10 Å². The zero-order chi connectivity index (χ0) is 17.5. The summed E-state index contributed by atoms with van der Waals surface area (Å²) < 4.78 is 8.62. The summed E-state index contributed by atoms with van der Waals surface area (Å²) in [6.07, 6.45) is 0. The maximum absolute atomic E-state index is 12.5. The Morgan fingerprint density at radius 1 is 1.21 bits per heavy atom. The molecule has 3 rings (SSSR count). The van der Waals surface area contributed by atoms with Crippen LogP contribution in [0.15, 0.2) is 33.5 Å². The molecule has 0 fully saturated rings. The number of hydrogen-bond donors (Lipinski definition) is 0. The van der Waals surface area contributed by atoms with E-state index in [1.807, 2.05) is 32.9 Å². The van der Waals surface area contributed by atoms with E-state index in [0.717, 1.165) is 0 Å². The highest BCUT2D eigenvalue weighted by Gasteiger charge is 2.22. The monoisotopic (exact) mass is 347 g/mol. The van der Waals surface area contributed by atoms with Crippen molar-refractivity contribution < 1.29 is 4.42 Å². The zero-order valence-electron chi connectivity index (χ0n) is 13.9. The van der Waals surface area contributed by atoms with Crippen LogP contribution in [0, 0.1) is 6.92 Å². The van der Waals surface area contributed by atoms with Crippen molar-refractivity contribution in [3.8, 4) is 11.5 Å². The third kappa shape index (κ3) is 2.99. The average molecular weight is 348 g/mol. The highest BCUT2D eigenvalue weighted by Crippen LogP contribution is 2.26. The van der Waals surface area contributed by atoms with Gasteiger partial charge in [-0.05, 0) is 39.8 Å². The van der Waals surface area contributed by atoms with Gasteiger partial charge in [-0.15, -0.1) is 10.2 Å². The Kier molecular flexibility index (Phi) is 4.04. The molecular formula is C16H18ClN5O2. The van der Waals surface area contributed by atoms with Crippen molar-refractivity contribution in [2.75, 3.05) is 0 Å². The van der Waals surface area contributed by atoms with Crippen LogP contribution in [-0.4, -0.2) is 24.5 Å². The first-order chi connectivity index (χ1) is 11.3. The molecule has 0 spiro atoms. The van der Waals surface area contributed by atoms with Gasteiger partial charge in [0.05, 0.1) is 16.1 Å². The van der Waals surface area contributed by atoms with Gasteiger partial charge in [0.1, 0.15) is 12.4 Å². The Morgan fingerprint density at radius 2 is 1.92 bits per heavy atom. The summed E-state index contributed by atoms with van der Waals surface area (Å²) in [5, 5.41) is 12.9. The van der Waals surface area contributed by atoms with E-state index in [2.05, 4.69) is 15.3 Å². The van der Waals surface area contributed by atoms with E-state index in [1.165, 1.54) is 9.25 Å².